The molecule has 12 aromatic rings. The summed E-state index contributed by atoms with van der Waals surface area (Å²) in [5.41, 5.74) is 8.41. The van der Waals surface area contributed by atoms with Crippen LogP contribution in [0.1, 0.15) is 0 Å². The molecule has 0 bridgehead atoms. The highest BCUT2D eigenvalue weighted by atomic mass is 15.1. The van der Waals surface area contributed by atoms with E-state index < -0.39 is 0 Å². The van der Waals surface area contributed by atoms with Gasteiger partial charge in [-0.05, 0) is 118 Å². The Morgan fingerprint density at radius 3 is 1.34 bits per heavy atom. The molecule has 0 amide bonds. The van der Waals surface area contributed by atoms with Gasteiger partial charge in [-0.25, -0.2) is 0 Å². The van der Waals surface area contributed by atoms with Crippen LogP contribution in [0.2, 0.25) is 0 Å². The van der Waals surface area contributed by atoms with Crippen LogP contribution in [0.15, 0.2) is 224 Å². The summed E-state index contributed by atoms with van der Waals surface area (Å²) in [6, 6.07) is 82.8. The molecule has 0 aliphatic carbocycles. The van der Waals surface area contributed by atoms with Crippen molar-refractivity contribution in [2.45, 2.75) is 0 Å². The van der Waals surface area contributed by atoms with Gasteiger partial charge < -0.3 is 4.90 Å². The SMILES string of the molecule is c1ccc2cc(-c3ccc4c(ccc5cc(-c6c7ccccc7c(N(c7ccc8ccccc8c7)c7cccc8ccccc78)c7ccccc67)ccc54)c3)ccc2c1. The van der Waals surface area contributed by atoms with E-state index in [-0.39, 0.29) is 0 Å². The normalized spacial score (nSPS) is 11.7. The molecule has 0 unspecified atom stereocenters. The minimum atomic E-state index is 1.13. The van der Waals surface area contributed by atoms with Crippen molar-refractivity contribution in [1.29, 1.82) is 0 Å². The number of nitrogens with zero attached hydrogens (tertiary/aromatic N) is 1. The zero-order valence-corrected chi connectivity index (χ0v) is 32.3. The van der Waals surface area contributed by atoms with Gasteiger partial charge in [-0.1, -0.05) is 188 Å². The summed E-state index contributed by atoms with van der Waals surface area (Å²) >= 11 is 0. The topological polar surface area (TPSA) is 3.24 Å². The molecule has 274 valence electrons. The molecule has 0 radical (unpaired) electrons. The van der Waals surface area contributed by atoms with Crippen molar-refractivity contribution in [1.82, 2.24) is 0 Å². The van der Waals surface area contributed by atoms with Gasteiger partial charge in [0.2, 0.25) is 0 Å². The summed E-state index contributed by atoms with van der Waals surface area (Å²) < 4.78 is 0. The summed E-state index contributed by atoms with van der Waals surface area (Å²) in [6.45, 7) is 0. The largest absolute Gasteiger partial charge is 0.309 e. The molecule has 0 aliphatic heterocycles. The fraction of sp³-hybridized carbons (Fsp3) is 0. The van der Waals surface area contributed by atoms with Gasteiger partial charge in [-0.2, -0.15) is 0 Å². The van der Waals surface area contributed by atoms with Gasteiger partial charge in [0, 0.05) is 21.8 Å². The Hall–Kier alpha value is -7.74. The minimum Gasteiger partial charge on any atom is -0.309 e. The second-order valence-electron chi connectivity index (χ2n) is 15.7. The third kappa shape index (κ3) is 5.47. The molecule has 0 spiro atoms. The van der Waals surface area contributed by atoms with Crippen molar-refractivity contribution in [2.24, 2.45) is 0 Å². The van der Waals surface area contributed by atoms with E-state index in [1.165, 1.54) is 103 Å². The first kappa shape index (κ1) is 33.4. The van der Waals surface area contributed by atoms with Gasteiger partial charge in [-0.15, -0.1) is 0 Å². The molecule has 1 heteroatoms. The van der Waals surface area contributed by atoms with E-state index in [2.05, 4.69) is 229 Å². The van der Waals surface area contributed by atoms with Crippen LogP contribution in [-0.2, 0) is 0 Å². The second kappa shape index (κ2) is 13.4. The van der Waals surface area contributed by atoms with Gasteiger partial charge in [0.1, 0.15) is 0 Å². The molecule has 0 fully saturated rings. The summed E-state index contributed by atoms with van der Waals surface area (Å²) in [5.74, 6) is 0. The molecular formula is C58H37N. The first-order valence-corrected chi connectivity index (χ1v) is 20.4. The van der Waals surface area contributed by atoms with Crippen LogP contribution in [0.5, 0.6) is 0 Å². The minimum absolute atomic E-state index is 1.13. The van der Waals surface area contributed by atoms with Gasteiger partial charge in [0.05, 0.1) is 11.4 Å². The van der Waals surface area contributed by atoms with E-state index >= 15 is 0 Å². The van der Waals surface area contributed by atoms with Crippen molar-refractivity contribution in [3.8, 4) is 22.3 Å². The highest BCUT2D eigenvalue weighted by molar-refractivity contribution is 6.24. The van der Waals surface area contributed by atoms with E-state index in [4.69, 9.17) is 0 Å². The Morgan fingerprint density at radius 1 is 0.237 bits per heavy atom. The summed E-state index contributed by atoms with van der Waals surface area (Å²) in [5, 5.41) is 17.3. The average molecular weight is 748 g/mol. The monoisotopic (exact) mass is 747 g/mol. The number of benzene rings is 12. The van der Waals surface area contributed by atoms with Gasteiger partial charge in [-0.3, -0.25) is 0 Å². The predicted octanol–water partition coefficient (Wildman–Crippen LogP) is 16.6. The Labute approximate surface area is 342 Å². The number of fused-ring (bicyclic) bond motifs is 8. The fourth-order valence-electron chi connectivity index (χ4n) is 9.54. The number of rotatable bonds is 5. The molecule has 0 saturated heterocycles. The van der Waals surface area contributed by atoms with Crippen molar-refractivity contribution < 1.29 is 0 Å². The Morgan fingerprint density at radius 2 is 0.678 bits per heavy atom. The van der Waals surface area contributed by atoms with E-state index in [0.29, 0.717) is 0 Å². The maximum atomic E-state index is 2.50. The standard InChI is InChI=1S/C58H37N/c1-3-15-41-34-43(25-24-38(41)12-1)44-29-32-49-45(35-44)26-27-46-36-47(30-33-50(46)49)57-52-19-7-9-21-54(52)58(55-22-10-8-20-53(55)57)59(48-31-28-39-13-2-4-16-42(39)37-48)56-23-11-17-40-14-5-6-18-51(40)56/h1-37H. The van der Waals surface area contributed by atoms with Crippen molar-refractivity contribution in [3.63, 3.8) is 0 Å². The zero-order valence-electron chi connectivity index (χ0n) is 32.3. The number of hydrogen-bond acceptors (Lipinski definition) is 1. The smallest absolute Gasteiger partial charge is 0.0619 e. The molecule has 59 heavy (non-hydrogen) atoms. The molecule has 0 heterocycles. The quantitative estimate of drug-likeness (QED) is 0.125. The lowest BCUT2D eigenvalue weighted by Gasteiger charge is -2.30. The van der Waals surface area contributed by atoms with E-state index in [9.17, 15) is 0 Å². The number of hydrogen-bond donors (Lipinski definition) is 0. The van der Waals surface area contributed by atoms with E-state index in [0.717, 1.165) is 11.4 Å². The first-order chi connectivity index (χ1) is 29.2. The lowest BCUT2D eigenvalue weighted by atomic mass is 9.88. The van der Waals surface area contributed by atoms with Crippen LogP contribution in [0.25, 0.3) is 97.7 Å². The molecule has 0 atom stereocenters. The highest BCUT2D eigenvalue weighted by Gasteiger charge is 2.23. The molecule has 0 aromatic heterocycles. The van der Waals surface area contributed by atoms with Crippen LogP contribution >= 0.6 is 0 Å². The van der Waals surface area contributed by atoms with Crippen molar-refractivity contribution in [2.75, 3.05) is 4.90 Å². The highest BCUT2D eigenvalue weighted by Crippen LogP contribution is 2.50. The Bertz CT molecular complexity index is 3570. The molecular weight excluding hydrogens is 711 g/mol. The fourth-order valence-corrected chi connectivity index (χ4v) is 9.54. The third-order valence-corrected chi connectivity index (χ3v) is 12.3. The molecule has 0 N–H and O–H groups in total. The molecule has 12 rings (SSSR count). The maximum Gasteiger partial charge on any atom is 0.0619 e. The van der Waals surface area contributed by atoms with E-state index in [1.807, 2.05) is 0 Å². The van der Waals surface area contributed by atoms with E-state index in [1.54, 1.807) is 0 Å². The predicted molar refractivity (Wildman–Crippen MR) is 255 cm³/mol. The maximum absolute atomic E-state index is 2.50. The Kier molecular flexibility index (Phi) is 7.61. The molecule has 0 saturated carbocycles. The summed E-state index contributed by atoms with van der Waals surface area (Å²) in [4.78, 5) is 2.50. The zero-order chi connectivity index (χ0) is 38.9. The van der Waals surface area contributed by atoms with Gasteiger partial charge in [0.25, 0.3) is 0 Å². The lowest BCUT2D eigenvalue weighted by Crippen LogP contribution is -2.12. The Balaban J connectivity index is 1.06. The van der Waals surface area contributed by atoms with Crippen LogP contribution in [-0.4, -0.2) is 0 Å². The van der Waals surface area contributed by atoms with Crippen LogP contribution in [0, 0.1) is 0 Å². The lowest BCUT2D eigenvalue weighted by molar-refractivity contribution is 1.33. The summed E-state index contributed by atoms with van der Waals surface area (Å²) in [6.07, 6.45) is 0. The summed E-state index contributed by atoms with van der Waals surface area (Å²) in [7, 11) is 0. The van der Waals surface area contributed by atoms with Crippen LogP contribution < -0.4 is 4.90 Å². The third-order valence-electron chi connectivity index (χ3n) is 12.3. The van der Waals surface area contributed by atoms with Gasteiger partial charge in [0.15, 0.2) is 0 Å². The van der Waals surface area contributed by atoms with Crippen LogP contribution in [0.4, 0.5) is 17.1 Å². The van der Waals surface area contributed by atoms with Gasteiger partial charge >= 0.3 is 0 Å². The van der Waals surface area contributed by atoms with Crippen molar-refractivity contribution in [3.05, 3.63) is 224 Å². The molecule has 12 aromatic carbocycles. The first-order valence-electron chi connectivity index (χ1n) is 20.4. The average Bonchev–Trinajstić information content (AvgIpc) is 3.31. The van der Waals surface area contributed by atoms with Crippen LogP contribution in [0.3, 0.4) is 0 Å². The molecule has 0 aliphatic rings. The second-order valence-corrected chi connectivity index (χ2v) is 15.7. The number of anilines is 3. The molecule has 1 nitrogen and oxygen atoms in total. The van der Waals surface area contributed by atoms with Crippen molar-refractivity contribution >= 4 is 92.5 Å².